The fourth-order valence-corrected chi connectivity index (χ4v) is 3.36. The van der Waals surface area contributed by atoms with Crippen LogP contribution in [0.25, 0.3) is 0 Å². The van der Waals surface area contributed by atoms with Gasteiger partial charge in [0.25, 0.3) is 0 Å². The normalized spacial score (nSPS) is 30.9. The average molecular weight is 241 g/mol. The third kappa shape index (κ3) is 3.14. The van der Waals surface area contributed by atoms with E-state index in [1.807, 2.05) is 11.8 Å². The van der Waals surface area contributed by atoms with Crippen LogP contribution in [0.4, 0.5) is 0 Å². The van der Waals surface area contributed by atoms with E-state index < -0.39 is 0 Å². The Morgan fingerprint density at radius 2 is 2.25 bits per heavy atom. The smallest absolute Gasteiger partial charge is 0.156 e. The van der Waals surface area contributed by atoms with Crippen LogP contribution in [-0.4, -0.2) is 47.5 Å². The van der Waals surface area contributed by atoms with Crippen molar-refractivity contribution in [3.63, 3.8) is 0 Å². The minimum absolute atomic E-state index is 0.609. The second kappa shape index (κ2) is 5.92. The van der Waals surface area contributed by atoms with Gasteiger partial charge in [-0.2, -0.15) is 0 Å². The molecular weight excluding hydrogens is 218 g/mol. The first-order chi connectivity index (χ1) is 7.79. The predicted molar refractivity (Wildman–Crippen MR) is 72.2 cm³/mol. The number of amidine groups is 1. The minimum atomic E-state index is 0.609. The van der Waals surface area contributed by atoms with Crippen molar-refractivity contribution in [2.24, 2.45) is 4.99 Å². The molecule has 4 heteroatoms. The zero-order valence-corrected chi connectivity index (χ0v) is 11.2. The Bertz CT molecular complexity index is 249. The van der Waals surface area contributed by atoms with Crippen molar-refractivity contribution in [2.75, 3.05) is 25.4 Å². The number of aliphatic imine (C=N–C) groups is 1. The molecule has 2 saturated heterocycles. The van der Waals surface area contributed by atoms with Crippen molar-refractivity contribution in [1.82, 2.24) is 10.2 Å². The van der Waals surface area contributed by atoms with Gasteiger partial charge in [0.1, 0.15) is 0 Å². The van der Waals surface area contributed by atoms with Crippen LogP contribution in [0.1, 0.15) is 33.1 Å². The molecule has 16 heavy (non-hydrogen) atoms. The Morgan fingerprint density at radius 3 is 2.88 bits per heavy atom. The van der Waals surface area contributed by atoms with Crippen molar-refractivity contribution in [3.05, 3.63) is 0 Å². The van der Waals surface area contributed by atoms with Crippen molar-refractivity contribution in [3.8, 4) is 0 Å². The van der Waals surface area contributed by atoms with E-state index in [0.29, 0.717) is 12.1 Å². The van der Waals surface area contributed by atoms with Crippen LogP contribution in [-0.2, 0) is 0 Å². The molecular formula is C12H23N3S. The van der Waals surface area contributed by atoms with E-state index in [1.54, 1.807) is 0 Å². The molecule has 3 nitrogen and oxygen atoms in total. The summed E-state index contributed by atoms with van der Waals surface area (Å²) in [5.74, 6) is 1.19. The first-order valence-electron chi connectivity index (χ1n) is 6.47. The second-order valence-corrected chi connectivity index (χ2v) is 5.81. The molecule has 0 amide bonds. The molecule has 2 fully saturated rings. The van der Waals surface area contributed by atoms with Gasteiger partial charge in [0, 0.05) is 17.8 Å². The zero-order valence-electron chi connectivity index (χ0n) is 10.4. The molecule has 0 spiro atoms. The fourth-order valence-electron chi connectivity index (χ4n) is 2.26. The standard InChI is InChI=1S/C12H23N3S/c1-3-11-9-16-12(14-11)13-8-10(2)15-6-4-5-7-15/h10-11H,3-9H2,1-2H3,(H,13,14). The first kappa shape index (κ1) is 12.2. The molecule has 0 saturated carbocycles. The first-order valence-corrected chi connectivity index (χ1v) is 7.46. The maximum atomic E-state index is 4.69. The summed E-state index contributed by atoms with van der Waals surface area (Å²) in [6.45, 7) is 8.01. The molecule has 1 N–H and O–H groups in total. The van der Waals surface area contributed by atoms with Gasteiger partial charge in [0.05, 0.1) is 6.54 Å². The highest BCUT2D eigenvalue weighted by Crippen LogP contribution is 2.16. The zero-order chi connectivity index (χ0) is 11.4. The second-order valence-electron chi connectivity index (χ2n) is 4.80. The highest BCUT2D eigenvalue weighted by atomic mass is 32.2. The molecule has 2 rings (SSSR count). The Balaban J connectivity index is 1.75. The topological polar surface area (TPSA) is 27.6 Å². The molecule has 0 radical (unpaired) electrons. The van der Waals surface area contributed by atoms with Crippen molar-refractivity contribution in [2.45, 2.75) is 45.2 Å². The van der Waals surface area contributed by atoms with Crippen LogP contribution in [0.15, 0.2) is 4.99 Å². The monoisotopic (exact) mass is 241 g/mol. The Labute approximate surface area is 103 Å². The predicted octanol–water partition coefficient (Wildman–Crippen LogP) is 1.94. The molecule has 0 aromatic rings. The highest BCUT2D eigenvalue weighted by molar-refractivity contribution is 8.14. The van der Waals surface area contributed by atoms with Gasteiger partial charge in [-0.05, 0) is 39.3 Å². The molecule has 92 valence electrons. The largest absolute Gasteiger partial charge is 0.361 e. The summed E-state index contributed by atoms with van der Waals surface area (Å²) in [6.07, 6.45) is 3.94. The van der Waals surface area contributed by atoms with E-state index in [-0.39, 0.29) is 0 Å². The molecule has 2 aliphatic heterocycles. The SMILES string of the molecule is CCC1CSC(=NCC(C)N2CCCC2)N1. The molecule has 2 aliphatic rings. The summed E-state index contributed by atoms with van der Waals surface area (Å²) in [5.41, 5.74) is 0. The molecule has 0 bridgehead atoms. The quantitative estimate of drug-likeness (QED) is 0.815. The van der Waals surface area contributed by atoms with Gasteiger partial charge in [-0.25, -0.2) is 0 Å². The number of nitrogens with zero attached hydrogens (tertiary/aromatic N) is 2. The third-order valence-electron chi connectivity index (χ3n) is 3.50. The van der Waals surface area contributed by atoms with Crippen LogP contribution in [0, 0.1) is 0 Å². The molecule has 0 aromatic heterocycles. The van der Waals surface area contributed by atoms with E-state index in [9.17, 15) is 0 Å². The van der Waals surface area contributed by atoms with Crippen LogP contribution < -0.4 is 5.32 Å². The average Bonchev–Trinajstić information content (AvgIpc) is 2.96. The lowest BCUT2D eigenvalue weighted by atomic mass is 10.3. The van der Waals surface area contributed by atoms with Crippen LogP contribution in [0.2, 0.25) is 0 Å². The summed E-state index contributed by atoms with van der Waals surface area (Å²) >= 11 is 1.88. The lowest BCUT2D eigenvalue weighted by Gasteiger charge is -2.21. The van der Waals surface area contributed by atoms with Gasteiger partial charge in [-0.1, -0.05) is 18.7 Å². The number of thioether (sulfide) groups is 1. The third-order valence-corrected chi connectivity index (χ3v) is 4.59. The number of likely N-dealkylation sites (tertiary alicyclic amines) is 1. The van der Waals surface area contributed by atoms with E-state index in [0.717, 1.165) is 11.7 Å². The van der Waals surface area contributed by atoms with E-state index >= 15 is 0 Å². The molecule has 2 heterocycles. The summed E-state index contributed by atoms with van der Waals surface area (Å²) in [4.78, 5) is 7.25. The van der Waals surface area contributed by atoms with Crippen LogP contribution in [0.5, 0.6) is 0 Å². The highest BCUT2D eigenvalue weighted by Gasteiger charge is 2.20. The van der Waals surface area contributed by atoms with Gasteiger partial charge in [-0.15, -0.1) is 0 Å². The van der Waals surface area contributed by atoms with E-state index in [1.165, 1.54) is 38.1 Å². The minimum Gasteiger partial charge on any atom is -0.361 e. The number of rotatable bonds is 4. The fraction of sp³-hybridized carbons (Fsp3) is 0.917. The maximum absolute atomic E-state index is 4.69. The number of hydrogen-bond donors (Lipinski definition) is 1. The van der Waals surface area contributed by atoms with Crippen molar-refractivity contribution < 1.29 is 0 Å². The van der Waals surface area contributed by atoms with Crippen LogP contribution >= 0.6 is 11.8 Å². The molecule has 0 aromatic carbocycles. The van der Waals surface area contributed by atoms with E-state index in [4.69, 9.17) is 4.99 Å². The van der Waals surface area contributed by atoms with Crippen LogP contribution in [0.3, 0.4) is 0 Å². The van der Waals surface area contributed by atoms with Crippen molar-refractivity contribution >= 4 is 16.9 Å². The van der Waals surface area contributed by atoms with Crippen molar-refractivity contribution in [1.29, 1.82) is 0 Å². The maximum Gasteiger partial charge on any atom is 0.156 e. The Kier molecular flexibility index (Phi) is 4.53. The van der Waals surface area contributed by atoms with Gasteiger partial charge in [0.2, 0.25) is 0 Å². The summed E-state index contributed by atoms with van der Waals surface area (Å²) in [6, 6.07) is 1.25. The van der Waals surface area contributed by atoms with E-state index in [2.05, 4.69) is 24.1 Å². The molecule has 0 aliphatic carbocycles. The Morgan fingerprint density at radius 1 is 1.50 bits per heavy atom. The number of hydrogen-bond acceptors (Lipinski definition) is 3. The summed E-state index contributed by atoms with van der Waals surface area (Å²) < 4.78 is 0. The Hall–Kier alpha value is -0.220. The number of nitrogens with one attached hydrogen (secondary N) is 1. The molecule has 2 atom stereocenters. The summed E-state index contributed by atoms with van der Waals surface area (Å²) in [5, 5.41) is 4.65. The lowest BCUT2D eigenvalue weighted by molar-refractivity contribution is 0.265. The van der Waals surface area contributed by atoms with Gasteiger partial charge in [-0.3, -0.25) is 9.89 Å². The summed E-state index contributed by atoms with van der Waals surface area (Å²) in [7, 11) is 0. The van der Waals surface area contributed by atoms with Gasteiger partial charge in [0.15, 0.2) is 5.17 Å². The van der Waals surface area contributed by atoms with Gasteiger partial charge < -0.3 is 5.32 Å². The van der Waals surface area contributed by atoms with Gasteiger partial charge >= 0.3 is 0 Å². The molecule has 2 unspecified atom stereocenters. The lowest BCUT2D eigenvalue weighted by Crippen LogP contribution is -2.33.